The van der Waals surface area contributed by atoms with Gasteiger partial charge in [-0.1, -0.05) is 23.7 Å². The van der Waals surface area contributed by atoms with Gasteiger partial charge in [-0.2, -0.15) is 0 Å². The molecule has 0 saturated carbocycles. The van der Waals surface area contributed by atoms with Gasteiger partial charge in [0.2, 0.25) is 0 Å². The van der Waals surface area contributed by atoms with E-state index in [1.54, 1.807) is 11.3 Å². The van der Waals surface area contributed by atoms with Gasteiger partial charge in [0.25, 0.3) is 0 Å². The molecule has 106 valence electrons. The SMILES string of the molecule is CNC1CCCc2c(OCc3ccc(Cl)s3)cccc21. The topological polar surface area (TPSA) is 21.3 Å². The monoisotopic (exact) mass is 307 g/mol. The number of nitrogens with one attached hydrogen (secondary N) is 1. The van der Waals surface area contributed by atoms with Crippen molar-refractivity contribution in [1.82, 2.24) is 5.32 Å². The fourth-order valence-electron chi connectivity index (χ4n) is 2.83. The number of hydrogen-bond acceptors (Lipinski definition) is 3. The summed E-state index contributed by atoms with van der Waals surface area (Å²) in [4.78, 5) is 1.16. The zero-order valence-electron chi connectivity index (χ0n) is 11.5. The highest BCUT2D eigenvalue weighted by Crippen LogP contribution is 2.35. The van der Waals surface area contributed by atoms with E-state index in [9.17, 15) is 0 Å². The van der Waals surface area contributed by atoms with Crippen molar-refractivity contribution in [1.29, 1.82) is 0 Å². The lowest BCUT2D eigenvalue weighted by Crippen LogP contribution is -2.21. The number of halogens is 1. The number of ether oxygens (including phenoxy) is 1. The predicted molar refractivity (Wildman–Crippen MR) is 84.8 cm³/mol. The molecular weight excluding hydrogens is 290 g/mol. The van der Waals surface area contributed by atoms with Crippen LogP contribution in [0.2, 0.25) is 4.34 Å². The Labute approximate surface area is 128 Å². The van der Waals surface area contributed by atoms with Gasteiger partial charge in [-0.3, -0.25) is 0 Å². The number of thiophene rings is 1. The minimum absolute atomic E-state index is 0.457. The van der Waals surface area contributed by atoms with Crippen molar-refractivity contribution in [3.8, 4) is 5.75 Å². The van der Waals surface area contributed by atoms with Crippen molar-refractivity contribution in [3.05, 3.63) is 50.7 Å². The molecule has 1 aromatic carbocycles. The van der Waals surface area contributed by atoms with E-state index in [4.69, 9.17) is 16.3 Å². The van der Waals surface area contributed by atoms with Crippen LogP contribution in [-0.2, 0) is 13.0 Å². The summed E-state index contributed by atoms with van der Waals surface area (Å²) in [6.45, 7) is 0.595. The first kappa shape index (κ1) is 13.9. The van der Waals surface area contributed by atoms with Gasteiger partial charge in [-0.05, 0) is 55.6 Å². The summed E-state index contributed by atoms with van der Waals surface area (Å²) >= 11 is 7.53. The molecule has 20 heavy (non-hydrogen) atoms. The molecule has 1 aromatic heterocycles. The van der Waals surface area contributed by atoms with Crippen molar-refractivity contribution in [2.75, 3.05) is 7.05 Å². The van der Waals surface area contributed by atoms with Crippen LogP contribution in [0.3, 0.4) is 0 Å². The standard InChI is InChI=1S/C16H18ClNOS/c1-18-14-6-2-5-13-12(14)4-3-7-15(13)19-10-11-8-9-16(17)20-11/h3-4,7-9,14,18H,2,5-6,10H2,1H3. The third kappa shape index (κ3) is 2.85. The van der Waals surface area contributed by atoms with Crippen molar-refractivity contribution in [2.45, 2.75) is 31.9 Å². The van der Waals surface area contributed by atoms with Gasteiger partial charge < -0.3 is 10.1 Å². The van der Waals surface area contributed by atoms with E-state index in [1.165, 1.54) is 24.0 Å². The molecule has 4 heteroatoms. The van der Waals surface area contributed by atoms with Gasteiger partial charge in [0.05, 0.1) is 4.34 Å². The van der Waals surface area contributed by atoms with Crippen molar-refractivity contribution < 1.29 is 4.74 Å². The van der Waals surface area contributed by atoms with Crippen LogP contribution in [0.25, 0.3) is 0 Å². The molecule has 0 bridgehead atoms. The maximum Gasteiger partial charge on any atom is 0.123 e. The van der Waals surface area contributed by atoms with E-state index in [0.717, 1.165) is 21.4 Å². The molecule has 0 saturated heterocycles. The fraction of sp³-hybridized carbons (Fsp3) is 0.375. The molecular formula is C16H18ClNOS. The summed E-state index contributed by atoms with van der Waals surface area (Å²) in [6, 6.07) is 10.8. The number of benzene rings is 1. The summed E-state index contributed by atoms with van der Waals surface area (Å²) in [5.41, 5.74) is 2.75. The molecule has 1 atom stereocenters. The van der Waals surface area contributed by atoms with E-state index in [2.05, 4.69) is 23.5 Å². The minimum atomic E-state index is 0.457. The van der Waals surface area contributed by atoms with E-state index in [-0.39, 0.29) is 0 Å². The summed E-state index contributed by atoms with van der Waals surface area (Å²) < 4.78 is 6.83. The highest BCUT2D eigenvalue weighted by molar-refractivity contribution is 7.16. The van der Waals surface area contributed by atoms with E-state index < -0.39 is 0 Å². The van der Waals surface area contributed by atoms with Crippen LogP contribution in [0.15, 0.2) is 30.3 Å². The highest BCUT2D eigenvalue weighted by Gasteiger charge is 2.21. The third-order valence-electron chi connectivity index (χ3n) is 3.81. The zero-order chi connectivity index (χ0) is 13.9. The van der Waals surface area contributed by atoms with Crippen LogP contribution in [0, 0.1) is 0 Å². The first-order valence-electron chi connectivity index (χ1n) is 6.94. The number of fused-ring (bicyclic) bond motifs is 1. The van der Waals surface area contributed by atoms with Gasteiger partial charge in [-0.25, -0.2) is 0 Å². The second-order valence-corrected chi connectivity index (χ2v) is 6.85. The Morgan fingerprint density at radius 3 is 3.00 bits per heavy atom. The zero-order valence-corrected chi connectivity index (χ0v) is 13.1. The Hall–Kier alpha value is -1.03. The van der Waals surface area contributed by atoms with Crippen LogP contribution in [0.1, 0.15) is 34.9 Å². The molecule has 1 aliphatic carbocycles. The maximum atomic E-state index is 6.02. The van der Waals surface area contributed by atoms with Crippen molar-refractivity contribution in [3.63, 3.8) is 0 Å². The Balaban J connectivity index is 1.80. The second kappa shape index (κ2) is 6.17. The summed E-state index contributed by atoms with van der Waals surface area (Å²) in [7, 11) is 2.03. The van der Waals surface area contributed by atoms with Gasteiger partial charge in [0.15, 0.2) is 0 Å². The lowest BCUT2D eigenvalue weighted by atomic mass is 9.87. The Kier molecular flexibility index (Phi) is 4.29. The van der Waals surface area contributed by atoms with E-state index in [0.29, 0.717) is 12.6 Å². The number of rotatable bonds is 4. The summed E-state index contributed by atoms with van der Waals surface area (Å²) in [6.07, 6.45) is 3.52. The molecule has 2 aromatic rings. The highest BCUT2D eigenvalue weighted by atomic mass is 35.5. The predicted octanol–water partition coefficient (Wildman–Crippen LogP) is 4.58. The minimum Gasteiger partial charge on any atom is -0.488 e. The normalized spacial score (nSPS) is 17.8. The average Bonchev–Trinajstić information content (AvgIpc) is 2.90. The van der Waals surface area contributed by atoms with Gasteiger partial charge >= 0.3 is 0 Å². The van der Waals surface area contributed by atoms with Crippen LogP contribution in [-0.4, -0.2) is 7.05 Å². The van der Waals surface area contributed by atoms with Gasteiger partial charge in [0.1, 0.15) is 12.4 Å². The largest absolute Gasteiger partial charge is 0.488 e. The molecule has 0 amide bonds. The summed E-state index contributed by atoms with van der Waals surface area (Å²) in [5.74, 6) is 1.02. The quantitative estimate of drug-likeness (QED) is 0.893. The fourth-order valence-corrected chi connectivity index (χ4v) is 3.83. The van der Waals surface area contributed by atoms with E-state index in [1.807, 2.05) is 19.2 Å². The Bertz CT molecular complexity index is 596. The molecule has 2 nitrogen and oxygen atoms in total. The molecule has 0 fully saturated rings. The average molecular weight is 308 g/mol. The van der Waals surface area contributed by atoms with Crippen LogP contribution < -0.4 is 10.1 Å². The molecule has 1 aliphatic rings. The molecule has 1 unspecified atom stereocenters. The Morgan fingerprint density at radius 2 is 2.25 bits per heavy atom. The van der Waals surface area contributed by atoms with Gasteiger partial charge in [-0.15, -0.1) is 11.3 Å². The first-order chi connectivity index (χ1) is 9.78. The van der Waals surface area contributed by atoms with E-state index >= 15 is 0 Å². The molecule has 0 spiro atoms. The van der Waals surface area contributed by atoms with Crippen molar-refractivity contribution >= 4 is 22.9 Å². The summed E-state index contributed by atoms with van der Waals surface area (Å²) in [5, 5.41) is 3.39. The lowest BCUT2D eigenvalue weighted by molar-refractivity contribution is 0.303. The molecule has 0 radical (unpaired) electrons. The smallest absolute Gasteiger partial charge is 0.123 e. The molecule has 1 N–H and O–H groups in total. The van der Waals surface area contributed by atoms with Gasteiger partial charge in [0, 0.05) is 10.9 Å². The van der Waals surface area contributed by atoms with Crippen LogP contribution in [0.4, 0.5) is 0 Å². The van der Waals surface area contributed by atoms with Crippen molar-refractivity contribution in [2.24, 2.45) is 0 Å². The molecule has 3 rings (SSSR count). The first-order valence-corrected chi connectivity index (χ1v) is 8.13. The van der Waals surface area contributed by atoms with Crippen LogP contribution >= 0.6 is 22.9 Å². The second-order valence-electron chi connectivity index (χ2n) is 5.05. The van der Waals surface area contributed by atoms with Crippen LogP contribution in [0.5, 0.6) is 5.75 Å². The third-order valence-corrected chi connectivity index (χ3v) is 5.02. The Morgan fingerprint density at radius 1 is 1.35 bits per heavy atom. The lowest BCUT2D eigenvalue weighted by Gasteiger charge is -2.26. The molecule has 1 heterocycles. The molecule has 0 aliphatic heterocycles. The number of hydrogen-bond donors (Lipinski definition) is 1. The maximum absolute atomic E-state index is 6.02.